The smallest absolute Gasteiger partial charge is 0.172 e. The summed E-state index contributed by atoms with van der Waals surface area (Å²) in [6, 6.07) is 8.09. The number of hydrogen-bond donors (Lipinski definition) is 1. The summed E-state index contributed by atoms with van der Waals surface area (Å²) in [4.78, 5) is 10.3. The van der Waals surface area contributed by atoms with Crippen LogP contribution in [0.5, 0.6) is 5.75 Å². The predicted octanol–water partition coefficient (Wildman–Crippen LogP) is 3.66. The molecule has 4 nitrogen and oxygen atoms in total. The van der Waals surface area contributed by atoms with Gasteiger partial charge < -0.3 is 10.1 Å². The summed E-state index contributed by atoms with van der Waals surface area (Å²) in [6.45, 7) is 2.00. The van der Waals surface area contributed by atoms with Crippen LogP contribution in [-0.2, 0) is 0 Å². The number of nitrogens with one attached hydrogen (secondary N) is 1. The standard InChI is InChI=1S/C14H14IN3OS/c1-8-12(15)14(16-2)18-13(17-8)10-7-20-11-6-4-3-5-9(11)19-10/h3-6,10H,7H2,1-2H3,(H,16,17,18). The molecule has 104 valence electrons. The summed E-state index contributed by atoms with van der Waals surface area (Å²) in [5, 5.41) is 3.11. The van der Waals surface area contributed by atoms with E-state index in [9.17, 15) is 0 Å². The predicted molar refractivity (Wildman–Crippen MR) is 89.6 cm³/mol. The number of rotatable bonds is 2. The molecule has 0 radical (unpaired) electrons. The van der Waals surface area contributed by atoms with Gasteiger partial charge in [-0.25, -0.2) is 9.97 Å². The van der Waals surface area contributed by atoms with Gasteiger partial charge in [0.1, 0.15) is 11.6 Å². The molecule has 0 bridgehead atoms. The highest BCUT2D eigenvalue weighted by Gasteiger charge is 2.25. The lowest BCUT2D eigenvalue weighted by Gasteiger charge is -2.25. The molecular formula is C14H14IN3OS. The van der Waals surface area contributed by atoms with Crippen LogP contribution in [0.1, 0.15) is 17.6 Å². The molecule has 2 aromatic rings. The number of fused-ring (bicyclic) bond motifs is 1. The lowest BCUT2D eigenvalue weighted by Crippen LogP contribution is -2.19. The van der Waals surface area contributed by atoms with E-state index in [1.807, 2.05) is 32.2 Å². The first kappa shape index (κ1) is 13.9. The number of thioether (sulfide) groups is 1. The van der Waals surface area contributed by atoms with E-state index in [0.29, 0.717) is 0 Å². The van der Waals surface area contributed by atoms with Crippen LogP contribution < -0.4 is 10.1 Å². The SMILES string of the molecule is CNc1nc(C2CSc3ccccc3O2)nc(C)c1I. The molecule has 20 heavy (non-hydrogen) atoms. The second-order valence-corrected chi connectivity index (χ2v) is 6.58. The Bertz CT molecular complexity index is 650. The van der Waals surface area contributed by atoms with Gasteiger partial charge in [-0.15, -0.1) is 11.8 Å². The van der Waals surface area contributed by atoms with Gasteiger partial charge >= 0.3 is 0 Å². The molecule has 1 unspecified atom stereocenters. The summed E-state index contributed by atoms with van der Waals surface area (Å²) in [5.74, 6) is 3.36. The van der Waals surface area contributed by atoms with Crippen molar-refractivity contribution in [1.82, 2.24) is 9.97 Å². The summed E-state index contributed by atoms with van der Waals surface area (Å²) in [7, 11) is 1.87. The number of anilines is 1. The highest BCUT2D eigenvalue weighted by Crippen LogP contribution is 2.39. The molecule has 1 aliphatic rings. The van der Waals surface area contributed by atoms with Crippen molar-refractivity contribution in [2.24, 2.45) is 0 Å². The van der Waals surface area contributed by atoms with Crippen molar-refractivity contribution in [2.75, 3.05) is 18.1 Å². The molecule has 0 aliphatic carbocycles. The summed E-state index contributed by atoms with van der Waals surface area (Å²) >= 11 is 4.05. The Hall–Kier alpha value is -1.02. The second kappa shape index (κ2) is 5.77. The zero-order valence-electron chi connectivity index (χ0n) is 11.2. The van der Waals surface area contributed by atoms with Gasteiger partial charge in [0, 0.05) is 17.7 Å². The molecule has 1 atom stereocenters. The van der Waals surface area contributed by atoms with Crippen LogP contribution in [0.2, 0.25) is 0 Å². The van der Waals surface area contributed by atoms with Gasteiger partial charge in [0.2, 0.25) is 0 Å². The Labute approximate surface area is 135 Å². The van der Waals surface area contributed by atoms with Gasteiger partial charge in [-0.3, -0.25) is 0 Å². The Morgan fingerprint density at radius 3 is 2.95 bits per heavy atom. The first-order valence-corrected chi connectivity index (χ1v) is 8.35. The van der Waals surface area contributed by atoms with Crippen molar-refractivity contribution < 1.29 is 4.74 Å². The number of nitrogens with zero attached hydrogens (tertiary/aromatic N) is 2. The third-order valence-corrected chi connectivity index (χ3v) is 5.48. The lowest BCUT2D eigenvalue weighted by atomic mass is 10.3. The van der Waals surface area contributed by atoms with Crippen molar-refractivity contribution in [1.29, 1.82) is 0 Å². The summed E-state index contributed by atoms with van der Waals surface area (Å²) in [5.41, 5.74) is 0.979. The number of halogens is 1. The zero-order valence-corrected chi connectivity index (χ0v) is 14.2. The van der Waals surface area contributed by atoms with Crippen LogP contribution in [0.25, 0.3) is 0 Å². The number of aryl methyl sites for hydroxylation is 1. The quantitative estimate of drug-likeness (QED) is 0.782. The average Bonchev–Trinajstić information content (AvgIpc) is 2.49. The maximum Gasteiger partial charge on any atom is 0.172 e. The Morgan fingerprint density at radius 2 is 2.15 bits per heavy atom. The number of hydrogen-bond acceptors (Lipinski definition) is 5. The molecule has 0 fully saturated rings. The van der Waals surface area contributed by atoms with E-state index < -0.39 is 0 Å². The van der Waals surface area contributed by atoms with Crippen molar-refractivity contribution in [3.8, 4) is 5.75 Å². The van der Waals surface area contributed by atoms with E-state index in [4.69, 9.17) is 4.74 Å². The maximum absolute atomic E-state index is 6.04. The Balaban J connectivity index is 1.93. The molecular weight excluding hydrogens is 385 g/mol. The first-order valence-electron chi connectivity index (χ1n) is 6.29. The normalized spacial score (nSPS) is 17.2. The molecule has 6 heteroatoms. The van der Waals surface area contributed by atoms with Crippen LogP contribution in [0.15, 0.2) is 29.2 Å². The Morgan fingerprint density at radius 1 is 1.35 bits per heavy atom. The third-order valence-electron chi connectivity index (χ3n) is 3.07. The Kier molecular flexibility index (Phi) is 4.02. The molecule has 2 heterocycles. The second-order valence-electron chi connectivity index (χ2n) is 4.44. The number of ether oxygens (including phenoxy) is 1. The van der Waals surface area contributed by atoms with Crippen LogP contribution in [-0.4, -0.2) is 22.8 Å². The van der Waals surface area contributed by atoms with E-state index >= 15 is 0 Å². The van der Waals surface area contributed by atoms with E-state index in [-0.39, 0.29) is 6.10 Å². The van der Waals surface area contributed by atoms with E-state index in [2.05, 4.69) is 43.9 Å². The van der Waals surface area contributed by atoms with Crippen LogP contribution in [0.4, 0.5) is 5.82 Å². The van der Waals surface area contributed by atoms with E-state index in [0.717, 1.165) is 32.4 Å². The number of aromatic nitrogens is 2. The first-order chi connectivity index (χ1) is 9.69. The zero-order chi connectivity index (χ0) is 14.1. The molecule has 1 aliphatic heterocycles. The summed E-state index contributed by atoms with van der Waals surface area (Å²) in [6.07, 6.45) is -0.0994. The van der Waals surface area contributed by atoms with Crippen LogP contribution in [0.3, 0.4) is 0 Å². The van der Waals surface area contributed by atoms with Gasteiger partial charge in [-0.05, 0) is 41.6 Å². The molecule has 0 saturated heterocycles. The lowest BCUT2D eigenvalue weighted by molar-refractivity contribution is 0.210. The van der Waals surface area contributed by atoms with Crippen LogP contribution in [0, 0.1) is 10.5 Å². The van der Waals surface area contributed by atoms with E-state index in [1.165, 1.54) is 4.90 Å². The van der Waals surface area contributed by atoms with E-state index in [1.54, 1.807) is 11.8 Å². The molecule has 1 aromatic heterocycles. The number of para-hydroxylation sites is 1. The van der Waals surface area contributed by atoms with Gasteiger partial charge in [0.05, 0.1) is 9.26 Å². The monoisotopic (exact) mass is 399 g/mol. The van der Waals surface area contributed by atoms with Gasteiger partial charge in [0.25, 0.3) is 0 Å². The topological polar surface area (TPSA) is 47.0 Å². The largest absolute Gasteiger partial charge is 0.480 e. The highest BCUT2D eigenvalue weighted by atomic mass is 127. The van der Waals surface area contributed by atoms with Crippen molar-refractivity contribution >= 4 is 40.2 Å². The fraction of sp³-hybridized carbons (Fsp3) is 0.286. The fourth-order valence-electron chi connectivity index (χ4n) is 2.04. The fourth-order valence-corrected chi connectivity index (χ4v) is 3.53. The molecule has 0 amide bonds. The van der Waals surface area contributed by atoms with Gasteiger partial charge in [-0.2, -0.15) is 0 Å². The van der Waals surface area contributed by atoms with Gasteiger partial charge in [-0.1, -0.05) is 12.1 Å². The molecule has 3 rings (SSSR count). The molecule has 0 spiro atoms. The minimum absolute atomic E-state index is 0.0994. The average molecular weight is 399 g/mol. The van der Waals surface area contributed by atoms with Crippen molar-refractivity contribution in [3.63, 3.8) is 0 Å². The summed E-state index contributed by atoms with van der Waals surface area (Å²) < 4.78 is 7.09. The van der Waals surface area contributed by atoms with Crippen LogP contribution >= 0.6 is 34.4 Å². The van der Waals surface area contributed by atoms with Crippen molar-refractivity contribution in [3.05, 3.63) is 39.4 Å². The minimum atomic E-state index is -0.0994. The molecule has 1 aromatic carbocycles. The van der Waals surface area contributed by atoms with Gasteiger partial charge in [0.15, 0.2) is 11.9 Å². The molecule has 0 saturated carbocycles. The number of benzene rings is 1. The van der Waals surface area contributed by atoms with Crippen molar-refractivity contribution in [2.45, 2.75) is 17.9 Å². The highest BCUT2D eigenvalue weighted by molar-refractivity contribution is 14.1. The third kappa shape index (κ3) is 2.58. The molecule has 1 N–H and O–H groups in total. The minimum Gasteiger partial charge on any atom is -0.480 e. The maximum atomic E-state index is 6.04.